The molecule has 1 aliphatic heterocycles. The summed E-state index contributed by atoms with van der Waals surface area (Å²) in [7, 11) is 0. The zero-order valence-electron chi connectivity index (χ0n) is 18.1. The molecular weight excluding hydrogens is 382 g/mol. The number of hydrogen-bond donors (Lipinski definition) is 1. The second-order valence-corrected chi connectivity index (χ2v) is 10.1. The fourth-order valence-corrected chi connectivity index (χ4v) is 6.03. The second kappa shape index (κ2) is 7.78. The lowest BCUT2D eigenvalue weighted by molar-refractivity contribution is -0.135. The summed E-state index contributed by atoms with van der Waals surface area (Å²) in [6.07, 6.45) is 7.50. The van der Waals surface area contributed by atoms with E-state index in [-0.39, 0.29) is 23.9 Å². The number of fused-ring (bicyclic) bond motifs is 3. The molecule has 0 radical (unpaired) electrons. The summed E-state index contributed by atoms with van der Waals surface area (Å²) < 4.78 is 3.23. The van der Waals surface area contributed by atoms with Gasteiger partial charge >= 0.3 is 0 Å². The van der Waals surface area contributed by atoms with Crippen molar-refractivity contribution < 1.29 is 9.59 Å². The van der Waals surface area contributed by atoms with Crippen molar-refractivity contribution in [2.75, 3.05) is 0 Å². The fourth-order valence-electron chi connectivity index (χ4n) is 4.98. The van der Waals surface area contributed by atoms with Crippen LogP contribution in [0.2, 0.25) is 0 Å². The molecule has 1 N–H and O–H groups in total. The number of carbonyl (C=O) groups excluding carboxylic acids is 2. The Bertz CT molecular complexity index is 924. The molecule has 3 heterocycles. The third kappa shape index (κ3) is 3.39. The normalized spacial score (nSPS) is 24.0. The van der Waals surface area contributed by atoms with Crippen molar-refractivity contribution in [2.45, 2.75) is 96.8 Å². The first-order valence-electron chi connectivity index (χ1n) is 11.2. The van der Waals surface area contributed by atoms with E-state index in [4.69, 9.17) is 0 Å². The van der Waals surface area contributed by atoms with Crippen molar-refractivity contribution in [3.8, 4) is 0 Å². The number of thiophene rings is 1. The highest BCUT2D eigenvalue weighted by molar-refractivity contribution is 7.19. The second-order valence-electron chi connectivity index (χ2n) is 8.95. The summed E-state index contributed by atoms with van der Waals surface area (Å²) in [5.74, 6) is -0.0233. The van der Waals surface area contributed by atoms with Gasteiger partial charge in [-0.2, -0.15) is 0 Å². The number of nitrogens with zero attached hydrogens (tertiary/aromatic N) is 2. The maximum atomic E-state index is 13.6. The number of carbonyl (C=O) groups is 2. The van der Waals surface area contributed by atoms with Gasteiger partial charge in [-0.3, -0.25) is 9.59 Å². The predicted octanol–water partition coefficient (Wildman–Crippen LogP) is 4.73. The molecule has 0 aromatic carbocycles. The quantitative estimate of drug-likeness (QED) is 0.768. The molecule has 2 aromatic heterocycles. The highest BCUT2D eigenvalue weighted by Crippen LogP contribution is 2.37. The number of rotatable bonds is 5. The third-order valence-corrected chi connectivity index (χ3v) is 8.10. The van der Waals surface area contributed by atoms with Gasteiger partial charge in [-0.25, -0.2) is 0 Å². The van der Waals surface area contributed by atoms with Crippen molar-refractivity contribution >= 4 is 33.4 Å². The molecule has 4 rings (SSSR count). The van der Waals surface area contributed by atoms with Gasteiger partial charge in [0.25, 0.3) is 5.91 Å². The van der Waals surface area contributed by atoms with Gasteiger partial charge < -0.3 is 14.8 Å². The number of aromatic nitrogens is 1. The Kier molecular flexibility index (Phi) is 5.49. The lowest BCUT2D eigenvalue weighted by atomic mass is 9.90. The smallest absolute Gasteiger partial charge is 0.271 e. The van der Waals surface area contributed by atoms with Crippen LogP contribution in [0.15, 0.2) is 12.1 Å². The lowest BCUT2D eigenvalue weighted by Crippen LogP contribution is -2.67. The molecule has 1 aliphatic carbocycles. The molecule has 29 heavy (non-hydrogen) atoms. The molecule has 2 aliphatic rings. The van der Waals surface area contributed by atoms with Crippen LogP contribution in [0.4, 0.5) is 0 Å². The molecule has 2 aromatic rings. The Morgan fingerprint density at radius 2 is 2.00 bits per heavy atom. The van der Waals surface area contributed by atoms with Crippen LogP contribution < -0.4 is 5.32 Å². The minimum Gasteiger partial charge on any atom is -0.351 e. The summed E-state index contributed by atoms with van der Waals surface area (Å²) in [4.78, 5) is 30.3. The third-order valence-electron chi connectivity index (χ3n) is 6.89. The van der Waals surface area contributed by atoms with E-state index in [1.165, 1.54) is 24.1 Å². The lowest BCUT2D eigenvalue weighted by Gasteiger charge is -2.47. The van der Waals surface area contributed by atoms with Gasteiger partial charge in [0.2, 0.25) is 5.91 Å². The first kappa shape index (κ1) is 20.5. The van der Waals surface area contributed by atoms with Gasteiger partial charge in [0.15, 0.2) is 0 Å². The largest absolute Gasteiger partial charge is 0.351 e. The van der Waals surface area contributed by atoms with E-state index in [9.17, 15) is 9.59 Å². The summed E-state index contributed by atoms with van der Waals surface area (Å²) in [5, 5.41) is 3.30. The molecule has 158 valence electrons. The summed E-state index contributed by atoms with van der Waals surface area (Å²) in [6, 6.07) is 4.46. The molecule has 2 unspecified atom stereocenters. The molecular formula is C23H33N3O2S. The van der Waals surface area contributed by atoms with Crippen molar-refractivity contribution in [1.82, 2.24) is 14.8 Å². The highest BCUT2D eigenvalue weighted by atomic mass is 32.1. The Morgan fingerprint density at radius 3 is 2.66 bits per heavy atom. The van der Waals surface area contributed by atoms with E-state index in [0.29, 0.717) is 6.54 Å². The van der Waals surface area contributed by atoms with Gasteiger partial charge in [-0.15, -0.1) is 11.3 Å². The van der Waals surface area contributed by atoms with E-state index in [1.807, 2.05) is 17.9 Å². The van der Waals surface area contributed by atoms with E-state index >= 15 is 0 Å². The standard InChI is InChI=1S/C23H33N3O2S/c1-5-15(3)26-21(27)19-13-20-18(12-17(6-2)29-20)25(19)14-23(26,4)22(28)24-16-10-8-7-9-11-16/h12-13,15-16H,5-11,14H2,1-4H3,(H,24,28). The molecule has 1 fully saturated rings. The van der Waals surface area contributed by atoms with Crippen LogP contribution in [0.3, 0.4) is 0 Å². The van der Waals surface area contributed by atoms with Gasteiger partial charge in [-0.1, -0.05) is 33.1 Å². The zero-order valence-corrected chi connectivity index (χ0v) is 18.9. The van der Waals surface area contributed by atoms with Crippen LogP contribution in [-0.2, 0) is 17.8 Å². The molecule has 0 bridgehead atoms. The maximum Gasteiger partial charge on any atom is 0.271 e. The Hall–Kier alpha value is -1.82. The van der Waals surface area contributed by atoms with E-state index in [2.05, 4.69) is 36.7 Å². The average Bonchev–Trinajstić information content (AvgIpc) is 3.27. The van der Waals surface area contributed by atoms with E-state index in [0.717, 1.165) is 41.6 Å². The Morgan fingerprint density at radius 1 is 1.28 bits per heavy atom. The van der Waals surface area contributed by atoms with Gasteiger partial charge in [0, 0.05) is 17.0 Å². The van der Waals surface area contributed by atoms with Gasteiger partial charge in [0.05, 0.1) is 16.8 Å². The molecule has 5 nitrogen and oxygen atoms in total. The maximum absolute atomic E-state index is 13.6. The number of nitrogens with one attached hydrogen (secondary N) is 1. The van der Waals surface area contributed by atoms with Crippen LogP contribution in [-0.4, -0.2) is 38.9 Å². The average molecular weight is 416 g/mol. The summed E-state index contributed by atoms with van der Waals surface area (Å²) in [6.45, 7) is 8.76. The molecule has 2 amide bonds. The minimum absolute atomic E-state index is 0.00325. The molecule has 2 atom stereocenters. The van der Waals surface area contributed by atoms with E-state index in [1.54, 1.807) is 11.3 Å². The first-order valence-corrected chi connectivity index (χ1v) is 12.0. The first-order chi connectivity index (χ1) is 13.9. The van der Waals surface area contributed by atoms with Crippen molar-refractivity contribution in [3.63, 3.8) is 0 Å². The SMILES string of the molecule is CCc1cc2c(cc3n2CC(C)(C(=O)NC2CCCCC2)N(C(C)CC)C3=O)s1. The Labute approximate surface area is 177 Å². The highest BCUT2D eigenvalue weighted by Gasteiger charge is 2.49. The van der Waals surface area contributed by atoms with Crippen molar-refractivity contribution in [2.24, 2.45) is 0 Å². The van der Waals surface area contributed by atoms with Crippen molar-refractivity contribution in [1.29, 1.82) is 0 Å². The van der Waals surface area contributed by atoms with Crippen LogP contribution in [0.1, 0.15) is 81.6 Å². The molecule has 0 spiro atoms. The topological polar surface area (TPSA) is 54.3 Å². The van der Waals surface area contributed by atoms with Crippen LogP contribution >= 0.6 is 11.3 Å². The zero-order chi connectivity index (χ0) is 20.8. The number of amides is 2. The molecule has 6 heteroatoms. The fraction of sp³-hybridized carbons (Fsp3) is 0.652. The molecule has 1 saturated carbocycles. The number of aryl methyl sites for hydroxylation is 1. The summed E-state index contributed by atoms with van der Waals surface area (Å²) >= 11 is 1.75. The van der Waals surface area contributed by atoms with Crippen LogP contribution in [0, 0.1) is 0 Å². The summed E-state index contributed by atoms with van der Waals surface area (Å²) in [5.41, 5.74) is 0.935. The van der Waals surface area contributed by atoms with E-state index < -0.39 is 5.54 Å². The number of hydrogen-bond acceptors (Lipinski definition) is 3. The monoisotopic (exact) mass is 415 g/mol. The Balaban J connectivity index is 1.74. The van der Waals surface area contributed by atoms with Crippen molar-refractivity contribution in [3.05, 3.63) is 22.7 Å². The predicted molar refractivity (Wildman–Crippen MR) is 119 cm³/mol. The minimum atomic E-state index is -0.878. The molecule has 0 saturated heterocycles. The van der Waals surface area contributed by atoms with Crippen LogP contribution in [0.25, 0.3) is 10.2 Å². The van der Waals surface area contributed by atoms with Gasteiger partial charge in [-0.05, 0) is 51.7 Å². The van der Waals surface area contributed by atoms with Gasteiger partial charge in [0.1, 0.15) is 11.2 Å². The van der Waals surface area contributed by atoms with Crippen LogP contribution in [0.5, 0.6) is 0 Å².